The Labute approximate surface area is 185 Å². The van der Waals surface area contributed by atoms with Crippen molar-refractivity contribution in [3.05, 3.63) is 91.0 Å². The maximum Gasteiger partial charge on any atom is 0.495 e. The highest BCUT2D eigenvalue weighted by molar-refractivity contribution is 6.64. The van der Waals surface area contributed by atoms with Gasteiger partial charge in [-0.1, -0.05) is 84.9 Å². The Balaban J connectivity index is 1.70. The van der Waals surface area contributed by atoms with E-state index in [1.807, 2.05) is 0 Å². The van der Waals surface area contributed by atoms with Crippen molar-refractivity contribution in [3.63, 3.8) is 0 Å². The molecule has 0 aliphatic carbocycles. The van der Waals surface area contributed by atoms with Gasteiger partial charge in [-0.2, -0.15) is 0 Å². The Bertz CT molecular complexity index is 1210. The summed E-state index contributed by atoms with van der Waals surface area (Å²) in [6.45, 7) is 8.40. The Hall–Kier alpha value is -2.88. The summed E-state index contributed by atoms with van der Waals surface area (Å²) in [5, 5.41) is 2.42. The molecule has 0 aromatic heterocycles. The first-order valence-corrected chi connectivity index (χ1v) is 10.9. The summed E-state index contributed by atoms with van der Waals surface area (Å²) in [5.41, 5.74) is 5.11. The normalized spacial score (nSPS) is 17.2. The highest BCUT2D eigenvalue weighted by Gasteiger charge is 2.52. The molecule has 2 nitrogen and oxygen atoms in total. The van der Waals surface area contributed by atoms with E-state index in [0.29, 0.717) is 0 Å². The van der Waals surface area contributed by atoms with Crippen LogP contribution in [-0.4, -0.2) is 18.3 Å². The van der Waals surface area contributed by atoms with Crippen molar-refractivity contribution in [3.8, 4) is 22.3 Å². The number of hydrogen-bond donors (Lipinski definition) is 0. The minimum Gasteiger partial charge on any atom is -0.399 e. The Morgan fingerprint density at radius 1 is 0.581 bits per heavy atom. The van der Waals surface area contributed by atoms with Gasteiger partial charge in [-0.15, -0.1) is 0 Å². The third-order valence-electron chi connectivity index (χ3n) is 6.73. The lowest BCUT2D eigenvalue weighted by Gasteiger charge is -2.32. The summed E-state index contributed by atoms with van der Waals surface area (Å²) in [5.74, 6) is 0. The predicted molar refractivity (Wildman–Crippen MR) is 131 cm³/mol. The standard InChI is InChI=1S/C28H27BO2/c1-27(2)28(3,4)31-29(30-27)25-18-16-23-19-22(20-11-7-5-8-12-20)15-17-24(23)26(25)21-13-9-6-10-14-21/h5-19H,1-4H3. The molecule has 0 atom stereocenters. The Morgan fingerprint density at radius 2 is 1.16 bits per heavy atom. The molecule has 0 unspecified atom stereocenters. The number of fused-ring (bicyclic) bond motifs is 1. The molecule has 3 heteroatoms. The van der Waals surface area contributed by atoms with Crippen molar-refractivity contribution in [1.82, 2.24) is 0 Å². The Morgan fingerprint density at radius 3 is 1.77 bits per heavy atom. The van der Waals surface area contributed by atoms with E-state index in [1.54, 1.807) is 0 Å². The molecule has 154 valence electrons. The topological polar surface area (TPSA) is 18.5 Å². The summed E-state index contributed by atoms with van der Waals surface area (Å²) in [4.78, 5) is 0. The number of benzene rings is 4. The fourth-order valence-electron chi connectivity index (χ4n) is 4.25. The van der Waals surface area contributed by atoms with Gasteiger partial charge in [0, 0.05) is 0 Å². The average molecular weight is 406 g/mol. The van der Waals surface area contributed by atoms with E-state index in [4.69, 9.17) is 9.31 Å². The van der Waals surface area contributed by atoms with Crippen molar-refractivity contribution >= 4 is 23.4 Å². The molecule has 31 heavy (non-hydrogen) atoms. The fourth-order valence-corrected chi connectivity index (χ4v) is 4.25. The molecule has 1 fully saturated rings. The first kappa shape index (κ1) is 20.1. The molecule has 0 radical (unpaired) electrons. The zero-order chi connectivity index (χ0) is 21.6. The van der Waals surface area contributed by atoms with E-state index in [2.05, 4.69) is 119 Å². The predicted octanol–water partition coefficient (Wildman–Crippen LogP) is 6.47. The van der Waals surface area contributed by atoms with Crippen LogP contribution in [0, 0.1) is 0 Å². The van der Waals surface area contributed by atoms with E-state index in [1.165, 1.54) is 33.0 Å². The Kier molecular flexibility index (Phi) is 4.77. The zero-order valence-corrected chi connectivity index (χ0v) is 18.6. The minimum absolute atomic E-state index is 0.377. The monoisotopic (exact) mass is 406 g/mol. The van der Waals surface area contributed by atoms with Crippen LogP contribution in [0.3, 0.4) is 0 Å². The quantitative estimate of drug-likeness (QED) is 0.363. The van der Waals surface area contributed by atoms with Gasteiger partial charge in [0.1, 0.15) is 0 Å². The SMILES string of the molecule is CC1(C)OB(c2ccc3cc(-c4ccccc4)ccc3c2-c2ccccc2)OC1(C)C. The van der Waals surface area contributed by atoms with Gasteiger partial charge < -0.3 is 9.31 Å². The van der Waals surface area contributed by atoms with Crippen LogP contribution in [0.1, 0.15) is 27.7 Å². The molecular weight excluding hydrogens is 379 g/mol. The molecule has 0 saturated carbocycles. The number of rotatable bonds is 3. The summed E-state index contributed by atoms with van der Waals surface area (Å²) >= 11 is 0. The van der Waals surface area contributed by atoms with Crippen LogP contribution >= 0.6 is 0 Å². The van der Waals surface area contributed by atoms with Gasteiger partial charge in [0.15, 0.2) is 0 Å². The summed E-state index contributed by atoms with van der Waals surface area (Å²) in [6, 6.07) is 32.1. The highest BCUT2D eigenvalue weighted by Crippen LogP contribution is 2.38. The maximum absolute atomic E-state index is 6.43. The second kappa shape index (κ2) is 7.37. The smallest absolute Gasteiger partial charge is 0.399 e. The highest BCUT2D eigenvalue weighted by atomic mass is 16.7. The second-order valence-electron chi connectivity index (χ2n) is 9.29. The first-order chi connectivity index (χ1) is 14.9. The number of hydrogen-bond acceptors (Lipinski definition) is 2. The van der Waals surface area contributed by atoms with Gasteiger partial charge in [-0.05, 0) is 72.3 Å². The van der Waals surface area contributed by atoms with Crippen molar-refractivity contribution in [2.24, 2.45) is 0 Å². The van der Waals surface area contributed by atoms with E-state index in [9.17, 15) is 0 Å². The van der Waals surface area contributed by atoms with Crippen LogP contribution in [0.25, 0.3) is 33.0 Å². The van der Waals surface area contributed by atoms with Crippen molar-refractivity contribution in [2.75, 3.05) is 0 Å². The molecule has 1 aliphatic rings. The average Bonchev–Trinajstić information content (AvgIpc) is 3.00. The van der Waals surface area contributed by atoms with Gasteiger partial charge in [0.2, 0.25) is 0 Å². The maximum atomic E-state index is 6.43. The lowest BCUT2D eigenvalue weighted by Crippen LogP contribution is -2.41. The van der Waals surface area contributed by atoms with Crippen LogP contribution in [0.15, 0.2) is 91.0 Å². The molecule has 0 bridgehead atoms. The molecule has 1 heterocycles. The van der Waals surface area contributed by atoms with Gasteiger partial charge in [0.25, 0.3) is 0 Å². The van der Waals surface area contributed by atoms with Crippen LogP contribution in [0.2, 0.25) is 0 Å². The van der Waals surface area contributed by atoms with Crippen LogP contribution in [-0.2, 0) is 9.31 Å². The van der Waals surface area contributed by atoms with E-state index < -0.39 is 7.12 Å². The van der Waals surface area contributed by atoms with E-state index in [0.717, 1.165) is 5.46 Å². The van der Waals surface area contributed by atoms with Gasteiger partial charge in [-0.3, -0.25) is 0 Å². The third-order valence-corrected chi connectivity index (χ3v) is 6.73. The summed E-state index contributed by atoms with van der Waals surface area (Å²) in [6.07, 6.45) is 0. The molecule has 0 amide bonds. The third kappa shape index (κ3) is 3.48. The lowest BCUT2D eigenvalue weighted by atomic mass is 9.73. The molecular formula is C28H27BO2. The van der Waals surface area contributed by atoms with Gasteiger partial charge in [0.05, 0.1) is 11.2 Å². The van der Waals surface area contributed by atoms with E-state index in [-0.39, 0.29) is 11.2 Å². The molecule has 5 rings (SSSR count). The van der Waals surface area contributed by atoms with Crippen molar-refractivity contribution < 1.29 is 9.31 Å². The lowest BCUT2D eigenvalue weighted by molar-refractivity contribution is 0.00578. The van der Waals surface area contributed by atoms with Crippen LogP contribution in [0.4, 0.5) is 0 Å². The largest absolute Gasteiger partial charge is 0.495 e. The van der Waals surface area contributed by atoms with Gasteiger partial charge >= 0.3 is 7.12 Å². The molecule has 4 aromatic carbocycles. The molecule has 1 aliphatic heterocycles. The molecule has 1 saturated heterocycles. The van der Waals surface area contributed by atoms with Gasteiger partial charge in [-0.25, -0.2) is 0 Å². The minimum atomic E-state index is -0.404. The first-order valence-electron chi connectivity index (χ1n) is 10.9. The van der Waals surface area contributed by atoms with Crippen LogP contribution in [0.5, 0.6) is 0 Å². The van der Waals surface area contributed by atoms with Crippen molar-refractivity contribution in [1.29, 1.82) is 0 Å². The summed E-state index contributed by atoms with van der Waals surface area (Å²) < 4.78 is 12.9. The molecule has 0 N–H and O–H groups in total. The van der Waals surface area contributed by atoms with Crippen molar-refractivity contribution in [2.45, 2.75) is 38.9 Å². The van der Waals surface area contributed by atoms with E-state index >= 15 is 0 Å². The molecule has 0 spiro atoms. The fraction of sp³-hybridized carbons (Fsp3) is 0.214. The second-order valence-corrected chi connectivity index (χ2v) is 9.29. The van der Waals surface area contributed by atoms with Crippen LogP contribution < -0.4 is 5.46 Å². The summed E-state index contributed by atoms with van der Waals surface area (Å²) in [7, 11) is -0.404. The molecule has 4 aromatic rings. The zero-order valence-electron chi connectivity index (χ0n) is 18.6.